The lowest BCUT2D eigenvalue weighted by molar-refractivity contribution is 0.0791. The molecule has 0 amide bonds. The van der Waals surface area contributed by atoms with Crippen molar-refractivity contribution < 1.29 is 5.11 Å². The van der Waals surface area contributed by atoms with Gasteiger partial charge in [-0.15, -0.1) is 11.3 Å². The van der Waals surface area contributed by atoms with Crippen LogP contribution < -0.4 is 5.32 Å². The van der Waals surface area contributed by atoms with Crippen LogP contribution in [0.4, 0.5) is 0 Å². The van der Waals surface area contributed by atoms with Gasteiger partial charge in [-0.05, 0) is 25.1 Å². The van der Waals surface area contributed by atoms with Crippen LogP contribution >= 0.6 is 11.3 Å². The van der Waals surface area contributed by atoms with E-state index in [2.05, 4.69) is 16.4 Å². The normalized spacial score (nSPS) is 25.2. The number of rotatable bonds is 2. The largest absolute Gasteiger partial charge is 0.393 e. The Morgan fingerprint density at radius 2 is 2.29 bits per heavy atom. The van der Waals surface area contributed by atoms with Gasteiger partial charge in [-0.1, -0.05) is 12.1 Å². The van der Waals surface area contributed by atoms with Crippen molar-refractivity contribution in [3.05, 3.63) is 29.3 Å². The second-order valence-electron chi connectivity index (χ2n) is 4.60. The molecule has 2 unspecified atom stereocenters. The molecule has 1 saturated heterocycles. The fourth-order valence-electron chi connectivity index (χ4n) is 2.35. The van der Waals surface area contributed by atoms with Crippen LogP contribution in [-0.2, 0) is 6.42 Å². The minimum absolute atomic E-state index is 0.178. The van der Waals surface area contributed by atoms with Gasteiger partial charge in [0.1, 0.15) is 0 Å². The van der Waals surface area contributed by atoms with E-state index in [1.54, 1.807) is 11.3 Å². The average molecular weight is 248 g/mol. The Hall–Kier alpha value is -0.970. The Bertz CT molecular complexity index is 478. The SMILES string of the molecule is OC1CCNCC1Cc1nc2ccccc2s1. The van der Waals surface area contributed by atoms with Crippen LogP contribution in [0.1, 0.15) is 11.4 Å². The quantitative estimate of drug-likeness (QED) is 0.852. The molecule has 2 aromatic rings. The summed E-state index contributed by atoms with van der Waals surface area (Å²) < 4.78 is 1.24. The number of nitrogens with one attached hydrogen (secondary N) is 1. The Labute approximate surface area is 105 Å². The van der Waals surface area contributed by atoms with Gasteiger partial charge in [0.25, 0.3) is 0 Å². The van der Waals surface area contributed by atoms with E-state index in [4.69, 9.17) is 0 Å². The van der Waals surface area contributed by atoms with Gasteiger partial charge in [0.2, 0.25) is 0 Å². The first-order chi connectivity index (χ1) is 8.33. The fraction of sp³-hybridized carbons (Fsp3) is 0.462. The standard InChI is InChI=1S/C13H16N2OS/c16-11-5-6-14-8-9(11)7-13-15-10-3-1-2-4-12(10)17-13/h1-4,9,11,14,16H,5-8H2. The summed E-state index contributed by atoms with van der Waals surface area (Å²) in [5.41, 5.74) is 1.07. The molecule has 0 aliphatic carbocycles. The zero-order chi connectivity index (χ0) is 11.7. The van der Waals surface area contributed by atoms with Gasteiger partial charge in [0.15, 0.2) is 0 Å². The predicted molar refractivity (Wildman–Crippen MR) is 70.3 cm³/mol. The first-order valence-corrected chi connectivity index (χ1v) is 6.88. The highest BCUT2D eigenvalue weighted by atomic mass is 32.1. The van der Waals surface area contributed by atoms with Crippen molar-refractivity contribution in [1.82, 2.24) is 10.3 Å². The second kappa shape index (κ2) is 4.72. The number of aliphatic hydroxyl groups is 1. The predicted octanol–water partition coefficient (Wildman–Crippen LogP) is 1.81. The molecule has 1 fully saturated rings. The number of nitrogens with zero attached hydrogens (tertiary/aromatic N) is 1. The number of hydrogen-bond acceptors (Lipinski definition) is 4. The average Bonchev–Trinajstić information content (AvgIpc) is 2.74. The summed E-state index contributed by atoms with van der Waals surface area (Å²) in [7, 11) is 0. The van der Waals surface area contributed by atoms with E-state index < -0.39 is 0 Å². The zero-order valence-electron chi connectivity index (χ0n) is 9.60. The van der Waals surface area contributed by atoms with Crippen molar-refractivity contribution in [1.29, 1.82) is 0 Å². The maximum atomic E-state index is 9.94. The molecule has 0 radical (unpaired) electrons. The van der Waals surface area contributed by atoms with Gasteiger partial charge in [0, 0.05) is 18.9 Å². The molecular formula is C13H16N2OS. The molecule has 0 saturated carbocycles. The third-order valence-corrected chi connectivity index (χ3v) is 4.40. The molecule has 4 heteroatoms. The van der Waals surface area contributed by atoms with E-state index in [-0.39, 0.29) is 6.10 Å². The van der Waals surface area contributed by atoms with Crippen LogP contribution in [0, 0.1) is 5.92 Å². The minimum atomic E-state index is -0.178. The summed E-state index contributed by atoms with van der Waals surface area (Å²) in [5, 5.41) is 14.4. The summed E-state index contributed by atoms with van der Waals surface area (Å²) in [4.78, 5) is 4.62. The van der Waals surface area contributed by atoms with E-state index >= 15 is 0 Å². The van der Waals surface area contributed by atoms with E-state index in [1.165, 1.54) is 4.70 Å². The van der Waals surface area contributed by atoms with E-state index in [0.29, 0.717) is 5.92 Å². The lowest BCUT2D eigenvalue weighted by Crippen LogP contribution is -2.40. The Morgan fingerprint density at radius 1 is 1.41 bits per heavy atom. The Morgan fingerprint density at radius 3 is 3.12 bits per heavy atom. The molecule has 1 aromatic carbocycles. The molecule has 0 bridgehead atoms. The molecule has 1 aliphatic heterocycles. The van der Waals surface area contributed by atoms with Crippen molar-refractivity contribution >= 4 is 21.6 Å². The summed E-state index contributed by atoms with van der Waals surface area (Å²) in [6, 6.07) is 8.21. The highest BCUT2D eigenvalue weighted by molar-refractivity contribution is 7.18. The molecule has 0 spiro atoms. The zero-order valence-corrected chi connectivity index (χ0v) is 10.4. The van der Waals surface area contributed by atoms with Gasteiger partial charge >= 0.3 is 0 Å². The summed E-state index contributed by atoms with van der Waals surface area (Å²) in [5.74, 6) is 0.310. The van der Waals surface area contributed by atoms with Crippen molar-refractivity contribution in [3.63, 3.8) is 0 Å². The topological polar surface area (TPSA) is 45.1 Å². The number of benzene rings is 1. The first kappa shape index (κ1) is 11.1. The third-order valence-electron chi connectivity index (χ3n) is 3.34. The second-order valence-corrected chi connectivity index (χ2v) is 5.71. The molecule has 2 heterocycles. The van der Waals surface area contributed by atoms with Crippen LogP contribution in [0.25, 0.3) is 10.2 Å². The van der Waals surface area contributed by atoms with Gasteiger partial charge in [0.05, 0.1) is 21.3 Å². The fourth-order valence-corrected chi connectivity index (χ4v) is 3.41. The monoisotopic (exact) mass is 248 g/mol. The number of fused-ring (bicyclic) bond motifs is 1. The lowest BCUT2D eigenvalue weighted by atomic mass is 9.93. The van der Waals surface area contributed by atoms with Crippen molar-refractivity contribution in [2.45, 2.75) is 18.9 Å². The van der Waals surface area contributed by atoms with Crippen LogP contribution in [0.15, 0.2) is 24.3 Å². The molecule has 2 N–H and O–H groups in total. The Balaban J connectivity index is 1.79. The summed E-state index contributed by atoms with van der Waals surface area (Å²) in [6.45, 7) is 1.83. The molecule has 1 aliphatic rings. The van der Waals surface area contributed by atoms with E-state index in [1.807, 2.05) is 18.2 Å². The van der Waals surface area contributed by atoms with Crippen LogP contribution in [0.2, 0.25) is 0 Å². The number of aliphatic hydroxyl groups excluding tert-OH is 1. The van der Waals surface area contributed by atoms with Gasteiger partial charge in [-0.25, -0.2) is 4.98 Å². The van der Waals surface area contributed by atoms with Crippen molar-refractivity contribution in [3.8, 4) is 0 Å². The highest BCUT2D eigenvalue weighted by Gasteiger charge is 2.24. The highest BCUT2D eigenvalue weighted by Crippen LogP contribution is 2.25. The van der Waals surface area contributed by atoms with Gasteiger partial charge < -0.3 is 10.4 Å². The summed E-state index contributed by atoms with van der Waals surface area (Å²) >= 11 is 1.74. The molecule has 1 aromatic heterocycles. The Kier molecular flexibility index (Phi) is 3.09. The summed E-state index contributed by atoms with van der Waals surface area (Å²) in [6.07, 6.45) is 1.56. The number of hydrogen-bond donors (Lipinski definition) is 2. The smallest absolute Gasteiger partial charge is 0.0942 e. The van der Waals surface area contributed by atoms with Crippen LogP contribution in [-0.4, -0.2) is 29.3 Å². The third kappa shape index (κ3) is 2.34. The first-order valence-electron chi connectivity index (χ1n) is 6.06. The van der Waals surface area contributed by atoms with Crippen LogP contribution in [0.3, 0.4) is 0 Å². The number of thiazole rings is 1. The van der Waals surface area contributed by atoms with E-state index in [0.717, 1.165) is 36.5 Å². The number of piperidine rings is 1. The van der Waals surface area contributed by atoms with Crippen LogP contribution in [0.5, 0.6) is 0 Å². The molecular weight excluding hydrogens is 232 g/mol. The van der Waals surface area contributed by atoms with Crippen molar-refractivity contribution in [2.75, 3.05) is 13.1 Å². The number of para-hydroxylation sites is 1. The molecule has 3 rings (SSSR count). The maximum Gasteiger partial charge on any atom is 0.0942 e. The lowest BCUT2D eigenvalue weighted by Gasteiger charge is -2.27. The molecule has 3 nitrogen and oxygen atoms in total. The molecule has 2 atom stereocenters. The van der Waals surface area contributed by atoms with Gasteiger partial charge in [-0.3, -0.25) is 0 Å². The maximum absolute atomic E-state index is 9.94. The molecule has 90 valence electrons. The molecule has 17 heavy (non-hydrogen) atoms. The number of aromatic nitrogens is 1. The van der Waals surface area contributed by atoms with Gasteiger partial charge in [-0.2, -0.15) is 0 Å². The van der Waals surface area contributed by atoms with E-state index in [9.17, 15) is 5.11 Å². The van der Waals surface area contributed by atoms with Crippen molar-refractivity contribution in [2.24, 2.45) is 5.92 Å². The minimum Gasteiger partial charge on any atom is -0.393 e.